The Morgan fingerprint density at radius 2 is 0.893 bits per heavy atom. The monoisotopic (exact) mass is 716 g/mol. The van der Waals surface area contributed by atoms with Crippen LogP contribution in [0.25, 0.3) is 82.8 Å². The molecule has 10 rings (SSSR count). The van der Waals surface area contributed by atoms with Gasteiger partial charge in [0.15, 0.2) is 0 Å². The van der Waals surface area contributed by atoms with Gasteiger partial charge in [-0.2, -0.15) is 0 Å². The molecule has 0 aliphatic heterocycles. The molecule has 2 aliphatic carbocycles. The Balaban J connectivity index is 1.32. The van der Waals surface area contributed by atoms with E-state index in [4.69, 9.17) is 0 Å². The molecule has 0 N–H and O–H groups in total. The van der Waals surface area contributed by atoms with Gasteiger partial charge in [-0.15, -0.1) is 0 Å². The maximum atomic E-state index is 4.19. The van der Waals surface area contributed by atoms with Gasteiger partial charge in [-0.1, -0.05) is 186 Å². The smallest absolute Gasteiger partial charge is 0.0159 e. The number of hydrogen-bond acceptors (Lipinski definition) is 0. The zero-order valence-corrected chi connectivity index (χ0v) is 32.6. The van der Waals surface area contributed by atoms with Crippen LogP contribution in [0.15, 0.2) is 183 Å². The normalized spacial score (nSPS) is 14.6. The Hall–Kier alpha value is -6.50. The van der Waals surface area contributed by atoms with Gasteiger partial charge in [0.25, 0.3) is 0 Å². The van der Waals surface area contributed by atoms with E-state index in [-0.39, 0.29) is 10.8 Å². The van der Waals surface area contributed by atoms with Crippen LogP contribution in [-0.2, 0) is 10.8 Å². The lowest BCUT2D eigenvalue weighted by atomic mass is 9.79. The van der Waals surface area contributed by atoms with Gasteiger partial charge in [-0.25, -0.2) is 0 Å². The van der Waals surface area contributed by atoms with Crippen LogP contribution in [-0.4, -0.2) is 0 Å². The lowest BCUT2D eigenvalue weighted by Crippen LogP contribution is -2.15. The number of hydrogen-bond donors (Lipinski definition) is 0. The van der Waals surface area contributed by atoms with Gasteiger partial charge in [-0.3, -0.25) is 0 Å². The highest BCUT2D eigenvalue weighted by atomic mass is 14.4. The third-order valence-corrected chi connectivity index (χ3v) is 12.8. The largest absolute Gasteiger partial charge is 0.0990 e. The molecule has 56 heavy (non-hydrogen) atoms. The first kappa shape index (κ1) is 34.0. The molecule has 0 spiro atoms. The van der Waals surface area contributed by atoms with Gasteiger partial charge in [0.05, 0.1) is 0 Å². The van der Waals surface area contributed by atoms with Gasteiger partial charge in [0.1, 0.15) is 0 Å². The van der Waals surface area contributed by atoms with E-state index in [0.29, 0.717) is 0 Å². The zero-order chi connectivity index (χ0) is 38.3. The highest BCUT2D eigenvalue weighted by Crippen LogP contribution is 2.54. The fraction of sp³-hybridized carbons (Fsp3) is 0.107. The standard InChI is InChI=1S/C56H44/c1-7-16-35(8-2)37-23-29-45-47(31-37)53(39-25-27-43-41-19-12-14-21-49(41)55(3,4)51(43)33-39)46-30-24-38(36-17-10-9-11-18-36)32-48(46)54(45)40-26-28-44-42-20-13-15-22-50(42)56(5,6)52(44)34-40/h7-34H,1-2H2,3-6H3/b35-16+. The summed E-state index contributed by atoms with van der Waals surface area (Å²) >= 11 is 0. The second-order valence-corrected chi connectivity index (χ2v) is 16.6. The van der Waals surface area contributed by atoms with Crippen LogP contribution >= 0.6 is 0 Å². The SMILES string of the molecule is C=C/C=C(\C=C)c1ccc2c(-c3ccc4c(c3)C(C)(C)c3ccccc3-4)c3cc(-c4ccccc4)ccc3c(-c3ccc4c(c3)C(C)(C)c3ccccc3-4)c2c1. The minimum atomic E-state index is -0.114. The summed E-state index contributed by atoms with van der Waals surface area (Å²) in [5.41, 5.74) is 20.2. The van der Waals surface area contributed by atoms with Crippen molar-refractivity contribution in [2.24, 2.45) is 0 Å². The summed E-state index contributed by atoms with van der Waals surface area (Å²) in [4.78, 5) is 0. The van der Waals surface area contributed by atoms with Gasteiger partial charge < -0.3 is 0 Å². The predicted octanol–water partition coefficient (Wildman–Crippen LogP) is 15.4. The molecule has 0 fully saturated rings. The Bertz CT molecular complexity index is 2980. The Morgan fingerprint density at radius 3 is 1.45 bits per heavy atom. The molecule has 0 atom stereocenters. The number of benzene rings is 8. The quantitative estimate of drug-likeness (QED) is 0.119. The van der Waals surface area contributed by atoms with Crippen LogP contribution in [0.5, 0.6) is 0 Å². The highest BCUT2D eigenvalue weighted by molar-refractivity contribution is 6.22. The predicted molar refractivity (Wildman–Crippen MR) is 241 cm³/mol. The molecule has 0 aromatic heterocycles. The number of rotatable bonds is 6. The Kier molecular flexibility index (Phi) is 7.60. The summed E-state index contributed by atoms with van der Waals surface area (Å²) in [7, 11) is 0. The molecule has 2 aliphatic rings. The van der Waals surface area contributed by atoms with Crippen LogP contribution in [0.1, 0.15) is 55.5 Å². The summed E-state index contributed by atoms with van der Waals surface area (Å²) in [5.74, 6) is 0. The van der Waals surface area contributed by atoms with Crippen molar-refractivity contribution in [1.29, 1.82) is 0 Å². The fourth-order valence-corrected chi connectivity index (χ4v) is 9.97. The van der Waals surface area contributed by atoms with Crippen LogP contribution in [0.4, 0.5) is 0 Å². The first-order valence-electron chi connectivity index (χ1n) is 19.7. The topological polar surface area (TPSA) is 0 Å². The molecule has 0 radical (unpaired) electrons. The van der Waals surface area contributed by atoms with E-state index in [1.165, 1.54) is 99.4 Å². The van der Waals surface area contributed by atoms with Crippen LogP contribution < -0.4 is 0 Å². The molecular weight excluding hydrogens is 673 g/mol. The van der Waals surface area contributed by atoms with Crippen molar-refractivity contribution in [3.63, 3.8) is 0 Å². The molecule has 0 nitrogen and oxygen atoms in total. The summed E-state index contributed by atoms with van der Waals surface area (Å²) in [6, 6.07) is 57.1. The molecular formula is C56H44. The first-order valence-corrected chi connectivity index (χ1v) is 19.7. The summed E-state index contributed by atoms with van der Waals surface area (Å²) in [5, 5.41) is 4.96. The van der Waals surface area contributed by atoms with Crippen LogP contribution in [0.3, 0.4) is 0 Å². The van der Waals surface area contributed by atoms with Crippen molar-refractivity contribution in [1.82, 2.24) is 0 Å². The summed E-state index contributed by atoms with van der Waals surface area (Å²) in [6.45, 7) is 17.7. The van der Waals surface area contributed by atoms with Crippen molar-refractivity contribution in [3.05, 3.63) is 211 Å². The van der Waals surface area contributed by atoms with E-state index in [0.717, 1.165) is 11.1 Å². The molecule has 0 heteroatoms. The summed E-state index contributed by atoms with van der Waals surface area (Å²) < 4.78 is 0. The molecule has 0 bridgehead atoms. The first-order chi connectivity index (χ1) is 27.2. The molecule has 0 heterocycles. The Morgan fingerprint density at radius 1 is 0.411 bits per heavy atom. The second-order valence-electron chi connectivity index (χ2n) is 16.6. The third kappa shape index (κ3) is 4.92. The molecule has 0 saturated heterocycles. The molecule has 0 unspecified atom stereocenters. The van der Waals surface area contributed by atoms with E-state index in [2.05, 4.69) is 199 Å². The lowest BCUT2D eigenvalue weighted by Gasteiger charge is -2.24. The van der Waals surface area contributed by atoms with Gasteiger partial charge >= 0.3 is 0 Å². The van der Waals surface area contributed by atoms with E-state index < -0.39 is 0 Å². The number of fused-ring (bicyclic) bond motifs is 8. The molecule has 8 aromatic rings. The highest BCUT2D eigenvalue weighted by Gasteiger charge is 2.37. The van der Waals surface area contributed by atoms with Crippen LogP contribution in [0, 0.1) is 0 Å². The van der Waals surface area contributed by atoms with Crippen LogP contribution in [0.2, 0.25) is 0 Å². The maximum absolute atomic E-state index is 4.19. The van der Waals surface area contributed by atoms with E-state index in [9.17, 15) is 0 Å². The van der Waals surface area contributed by atoms with Crippen molar-refractivity contribution >= 4 is 27.1 Å². The van der Waals surface area contributed by atoms with Crippen molar-refractivity contribution in [2.45, 2.75) is 38.5 Å². The number of allylic oxidation sites excluding steroid dienone is 4. The van der Waals surface area contributed by atoms with Gasteiger partial charge in [0.2, 0.25) is 0 Å². The van der Waals surface area contributed by atoms with Gasteiger partial charge in [-0.05, 0) is 135 Å². The van der Waals surface area contributed by atoms with Crippen molar-refractivity contribution in [3.8, 4) is 55.6 Å². The average Bonchev–Trinajstić information content (AvgIpc) is 3.60. The molecule has 8 aromatic carbocycles. The minimum Gasteiger partial charge on any atom is -0.0990 e. The van der Waals surface area contributed by atoms with E-state index >= 15 is 0 Å². The molecule has 0 saturated carbocycles. The fourth-order valence-electron chi connectivity index (χ4n) is 9.97. The Labute approximate surface area is 330 Å². The minimum absolute atomic E-state index is 0.112. The summed E-state index contributed by atoms with van der Waals surface area (Å²) in [6.07, 6.45) is 5.84. The zero-order valence-electron chi connectivity index (χ0n) is 32.6. The second kappa shape index (κ2) is 12.5. The van der Waals surface area contributed by atoms with E-state index in [1.54, 1.807) is 0 Å². The molecule has 268 valence electrons. The third-order valence-electron chi connectivity index (χ3n) is 12.8. The van der Waals surface area contributed by atoms with Crippen molar-refractivity contribution in [2.75, 3.05) is 0 Å². The van der Waals surface area contributed by atoms with E-state index in [1.807, 2.05) is 12.2 Å². The maximum Gasteiger partial charge on any atom is 0.0159 e. The average molecular weight is 717 g/mol. The lowest BCUT2D eigenvalue weighted by molar-refractivity contribution is 0.660. The van der Waals surface area contributed by atoms with Crippen molar-refractivity contribution < 1.29 is 0 Å². The van der Waals surface area contributed by atoms with Gasteiger partial charge in [0, 0.05) is 10.8 Å². The molecule has 0 amide bonds.